The van der Waals surface area contributed by atoms with Crippen molar-refractivity contribution in [2.75, 3.05) is 5.73 Å². The van der Waals surface area contributed by atoms with Gasteiger partial charge in [0, 0.05) is 0 Å². The number of carboxylic acids is 1. The molecule has 3 aromatic carbocycles. The molecule has 0 amide bonds. The fourth-order valence-corrected chi connectivity index (χ4v) is 4.78. The number of nitrogens with two attached hydrogens (primary N) is 1. The fraction of sp³-hybridized carbons (Fsp3) is 0.0417. The van der Waals surface area contributed by atoms with Crippen molar-refractivity contribution in [2.45, 2.75) is 5.41 Å². The number of anilines is 1. The lowest BCUT2D eigenvalue weighted by atomic mass is 9.70. The van der Waals surface area contributed by atoms with E-state index in [-0.39, 0.29) is 10.7 Å². The van der Waals surface area contributed by atoms with Crippen LogP contribution in [0.25, 0.3) is 0 Å². The van der Waals surface area contributed by atoms with Gasteiger partial charge in [-0.15, -0.1) is 0 Å². The van der Waals surface area contributed by atoms with Crippen molar-refractivity contribution in [3.63, 3.8) is 0 Å². The number of benzene rings is 3. The van der Waals surface area contributed by atoms with Crippen LogP contribution in [0, 0.1) is 0 Å². The number of hydrogen-bond acceptors (Lipinski definition) is 5. The molecule has 5 nitrogen and oxygen atoms in total. The number of carbonyl (C=O) groups excluding carboxylic acids is 1. The van der Waals surface area contributed by atoms with Crippen LogP contribution in [0.3, 0.4) is 0 Å². The van der Waals surface area contributed by atoms with E-state index in [0.29, 0.717) is 5.01 Å². The fourth-order valence-electron chi connectivity index (χ4n) is 3.69. The SMILES string of the molecule is Nc1sc(C(c2ccccc2)(c2ccccc2)c2ccccc2)nc1C(=O)C(=O)O. The molecular weight excluding hydrogens is 396 g/mol. The predicted octanol–water partition coefficient (Wildman–Crippen LogP) is 4.38. The van der Waals surface area contributed by atoms with E-state index in [1.165, 1.54) is 0 Å². The lowest BCUT2D eigenvalue weighted by Gasteiger charge is -2.34. The molecule has 4 aromatic rings. The second-order valence-electron chi connectivity index (χ2n) is 6.71. The lowest BCUT2D eigenvalue weighted by molar-refractivity contribution is -0.131. The van der Waals surface area contributed by atoms with Gasteiger partial charge in [-0.25, -0.2) is 9.78 Å². The molecule has 0 saturated carbocycles. The number of aromatic nitrogens is 1. The van der Waals surface area contributed by atoms with E-state index in [1.54, 1.807) is 0 Å². The Bertz CT molecular complexity index is 1090. The highest BCUT2D eigenvalue weighted by molar-refractivity contribution is 7.16. The molecule has 4 rings (SSSR count). The van der Waals surface area contributed by atoms with E-state index in [1.807, 2.05) is 91.0 Å². The van der Waals surface area contributed by atoms with E-state index < -0.39 is 17.2 Å². The molecule has 1 heterocycles. The van der Waals surface area contributed by atoms with Crippen molar-refractivity contribution in [1.29, 1.82) is 0 Å². The van der Waals surface area contributed by atoms with Crippen LogP contribution in [0.15, 0.2) is 91.0 Å². The zero-order chi connectivity index (χ0) is 21.1. The van der Waals surface area contributed by atoms with Crippen LogP contribution < -0.4 is 5.73 Å². The molecule has 0 atom stereocenters. The van der Waals surface area contributed by atoms with Gasteiger partial charge < -0.3 is 10.8 Å². The highest BCUT2D eigenvalue weighted by Crippen LogP contribution is 2.47. The standard InChI is InChI=1S/C24H18N2O3S/c25-21-19(20(27)22(28)29)26-23(30-21)24(16-10-4-1-5-11-16,17-12-6-2-7-13-17)18-14-8-3-9-15-18/h1-15H,25H2,(H,28,29). The minimum Gasteiger partial charge on any atom is -0.475 e. The first-order chi connectivity index (χ1) is 14.5. The molecule has 0 bridgehead atoms. The van der Waals surface area contributed by atoms with Gasteiger partial charge in [0.25, 0.3) is 5.78 Å². The average molecular weight is 414 g/mol. The molecule has 0 aliphatic carbocycles. The van der Waals surface area contributed by atoms with Crippen LogP contribution >= 0.6 is 11.3 Å². The number of thiazole rings is 1. The maximum atomic E-state index is 12.2. The summed E-state index contributed by atoms with van der Waals surface area (Å²) in [6.45, 7) is 0. The smallest absolute Gasteiger partial charge is 0.379 e. The number of rotatable bonds is 6. The van der Waals surface area contributed by atoms with Gasteiger partial charge in [-0.2, -0.15) is 0 Å². The summed E-state index contributed by atoms with van der Waals surface area (Å²) >= 11 is 1.13. The quantitative estimate of drug-likeness (QED) is 0.278. The number of carboxylic acid groups (broad SMARTS) is 1. The van der Waals surface area contributed by atoms with E-state index in [2.05, 4.69) is 4.98 Å². The molecule has 0 radical (unpaired) electrons. The van der Waals surface area contributed by atoms with Crippen LogP contribution in [0.5, 0.6) is 0 Å². The Balaban J connectivity index is 2.10. The number of nitrogens with zero attached hydrogens (tertiary/aromatic N) is 1. The van der Waals surface area contributed by atoms with Gasteiger partial charge in [0.05, 0.1) is 5.41 Å². The monoisotopic (exact) mass is 414 g/mol. The minimum absolute atomic E-state index is 0.0876. The number of aliphatic carboxylic acids is 1. The molecule has 30 heavy (non-hydrogen) atoms. The maximum Gasteiger partial charge on any atom is 0.379 e. The molecule has 1 aromatic heterocycles. The highest BCUT2D eigenvalue weighted by Gasteiger charge is 2.42. The van der Waals surface area contributed by atoms with E-state index in [9.17, 15) is 14.7 Å². The third-order valence-corrected chi connectivity index (χ3v) is 6.01. The van der Waals surface area contributed by atoms with Crippen molar-refractivity contribution in [3.05, 3.63) is 118 Å². The largest absolute Gasteiger partial charge is 0.475 e. The van der Waals surface area contributed by atoms with Gasteiger partial charge in [-0.1, -0.05) is 102 Å². The first-order valence-electron chi connectivity index (χ1n) is 9.26. The number of Topliss-reactive ketones (excluding diaryl/α,β-unsaturated/α-hetero) is 1. The number of hydrogen-bond donors (Lipinski definition) is 2. The summed E-state index contributed by atoms with van der Waals surface area (Å²) in [6.07, 6.45) is 0. The Hall–Kier alpha value is -3.77. The summed E-state index contributed by atoms with van der Waals surface area (Å²) in [5, 5.41) is 9.81. The van der Waals surface area contributed by atoms with Gasteiger partial charge in [-0.05, 0) is 16.7 Å². The van der Waals surface area contributed by atoms with Crippen LogP contribution in [-0.4, -0.2) is 21.8 Å². The normalized spacial score (nSPS) is 11.2. The van der Waals surface area contributed by atoms with Crippen molar-refractivity contribution < 1.29 is 14.7 Å². The number of carbonyl (C=O) groups is 2. The Kier molecular flexibility index (Phi) is 5.16. The molecular formula is C24H18N2O3S. The molecule has 0 aliphatic heterocycles. The molecule has 0 unspecified atom stereocenters. The molecule has 0 fully saturated rings. The Morgan fingerprint density at radius 2 is 1.17 bits per heavy atom. The minimum atomic E-state index is -1.58. The summed E-state index contributed by atoms with van der Waals surface area (Å²) in [6, 6.07) is 29.4. The highest BCUT2D eigenvalue weighted by atomic mass is 32.1. The van der Waals surface area contributed by atoms with Gasteiger partial charge in [-0.3, -0.25) is 4.79 Å². The Labute approximate surface area is 177 Å². The average Bonchev–Trinajstić information content (AvgIpc) is 3.17. The first-order valence-corrected chi connectivity index (χ1v) is 10.1. The number of nitrogen functional groups attached to an aromatic ring is 1. The van der Waals surface area contributed by atoms with E-state index in [4.69, 9.17) is 5.73 Å². The Morgan fingerprint density at radius 3 is 1.53 bits per heavy atom. The topological polar surface area (TPSA) is 93.3 Å². The first kappa shape index (κ1) is 19.5. The van der Waals surface area contributed by atoms with Crippen molar-refractivity contribution in [2.24, 2.45) is 0 Å². The zero-order valence-corrected chi connectivity index (χ0v) is 16.7. The second-order valence-corrected chi connectivity index (χ2v) is 7.74. The summed E-state index contributed by atoms with van der Waals surface area (Å²) in [5.74, 6) is -2.69. The predicted molar refractivity (Wildman–Crippen MR) is 117 cm³/mol. The van der Waals surface area contributed by atoms with Crippen LogP contribution in [0.2, 0.25) is 0 Å². The molecule has 148 valence electrons. The molecule has 0 aliphatic rings. The summed E-state index contributed by atoms with van der Waals surface area (Å²) in [5.41, 5.74) is 7.80. The van der Waals surface area contributed by atoms with Gasteiger partial charge >= 0.3 is 5.97 Å². The van der Waals surface area contributed by atoms with Crippen molar-refractivity contribution in [3.8, 4) is 0 Å². The molecule has 0 spiro atoms. The maximum absolute atomic E-state index is 12.2. The van der Waals surface area contributed by atoms with E-state index in [0.717, 1.165) is 28.0 Å². The van der Waals surface area contributed by atoms with Gasteiger partial charge in [0.1, 0.15) is 10.0 Å². The molecule has 3 N–H and O–H groups in total. The summed E-state index contributed by atoms with van der Waals surface area (Å²) in [4.78, 5) is 28.0. The zero-order valence-electron chi connectivity index (χ0n) is 15.9. The van der Waals surface area contributed by atoms with Crippen LogP contribution in [-0.2, 0) is 10.2 Å². The van der Waals surface area contributed by atoms with Crippen molar-refractivity contribution >= 4 is 28.1 Å². The molecule has 0 saturated heterocycles. The van der Waals surface area contributed by atoms with Crippen LogP contribution in [0.1, 0.15) is 32.2 Å². The lowest BCUT2D eigenvalue weighted by Crippen LogP contribution is -2.31. The summed E-state index contributed by atoms with van der Waals surface area (Å²) < 4.78 is 0. The van der Waals surface area contributed by atoms with E-state index >= 15 is 0 Å². The van der Waals surface area contributed by atoms with Crippen molar-refractivity contribution in [1.82, 2.24) is 4.98 Å². The third kappa shape index (κ3) is 3.17. The van der Waals surface area contributed by atoms with Gasteiger partial charge in [0.2, 0.25) is 0 Å². The third-order valence-electron chi connectivity index (χ3n) is 5.00. The van der Waals surface area contributed by atoms with Crippen LogP contribution in [0.4, 0.5) is 5.00 Å². The summed E-state index contributed by atoms with van der Waals surface area (Å²) in [7, 11) is 0. The second kappa shape index (κ2) is 7.93. The number of ketones is 1. The van der Waals surface area contributed by atoms with Gasteiger partial charge in [0.15, 0.2) is 5.69 Å². The Morgan fingerprint density at radius 1 is 0.767 bits per heavy atom. The molecule has 6 heteroatoms.